The van der Waals surface area contributed by atoms with Crippen LogP contribution >= 0.6 is 0 Å². The fraction of sp³-hybridized carbons (Fsp3) is 0.227. The van der Waals surface area contributed by atoms with Crippen LogP contribution in [-0.2, 0) is 0 Å². The Morgan fingerprint density at radius 3 is 2.22 bits per heavy atom. The average molecular weight is 364 g/mol. The molecule has 0 radical (unpaired) electrons. The number of carbonyl (C=O) groups is 1. The van der Waals surface area contributed by atoms with Gasteiger partial charge in [0.1, 0.15) is 11.6 Å². The topological polar surface area (TPSA) is 32.8 Å². The van der Waals surface area contributed by atoms with Crippen LogP contribution < -0.4 is 9.64 Å². The van der Waals surface area contributed by atoms with Crippen molar-refractivity contribution in [3.63, 3.8) is 0 Å². The molecule has 0 aromatic heterocycles. The van der Waals surface area contributed by atoms with Gasteiger partial charge in [-0.1, -0.05) is 36.4 Å². The van der Waals surface area contributed by atoms with Crippen LogP contribution in [0.4, 0.5) is 10.1 Å². The molecule has 138 valence electrons. The molecule has 1 fully saturated rings. The summed E-state index contributed by atoms with van der Waals surface area (Å²) in [4.78, 5) is 16.9. The van der Waals surface area contributed by atoms with Gasteiger partial charge in [0.05, 0.1) is 18.4 Å². The molecule has 3 aromatic rings. The smallest absolute Gasteiger partial charge is 0.257 e. The van der Waals surface area contributed by atoms with E-state index in [2.05, 4.69) is 0 Å². The summed E-state index contributed by atoms with van der Waals surface area (Å²) in [5.41, 5.74) is 1.16. The van der Waals surface area contributed by atoms with Gasteiger partial charge in [-0.15, -0.1) is 0 Å². The Labute approximate surface area is 157 Å². The molecule has 3 aromatic carbocycles. The summed E-state index contributed by atoms with van der Waals surface area (Å²) in [6, 6.07) is 18.5. The summed E-state index contributed by atoms with van der Waals surface area (Å²) in [6.07, 6.45) is 0. The Bertz CT molecular complexity index is 981. The van der Waals surface area contributed by atoms with Crippen molar-refractivity contribution in [3.8, 4) is 5.75 Å². The van der Waals surface area contributed by atoms with E-state index in [0.29, 0.717) is 43.2 Å². The van der Waals surface area contributed by atoms with Crippen LogP contribution in [0.5, 0.6) is 5.75 Å². The van der Waals surface area contributed by atoms with E-state index in [-0.39, 0.29) is 11.7 Å². The molecule has 5 heteroatoms. The van der Waals surface area contributed by atoms with E-state index in [0.717, 1.165) is 10.8 Å². The third-order valence-electron chi connectivity index (χ3n) is 5.06. The first-order chi connectivity index (χ1) is 13.2. The van der Waals surface area contributed by atoms with Gasteiger partial charge in [0.2, 0.25) is 0 Å². The molecule has 0 bridgehead atoms. The van der Waals surface area contributed by atoms with E-state index in [1.165, 1.54) is 6.07 Å². The molecule has 0 N–H and O–H groups in total. The van der Waals surface area contributed by atoms with Gasteiger partial charge in [0.25, 0.3) is 5.91 Å². The molecular formula is C22H21FN2O2. The molecule has 4 nitrogen and oxygen atoms in total. The van der Waals surface area contributed by atoms with Crippen LogP contribution in [0.2, 0.25) is 0 Å². The van der Waals surface area contributed by atoms with E-state index in [1.807, 2.05) is 52.3 Å². The summed E-state index contributed by atoms with van der Waals surface area (Å²) in [5.74, 6) is 0.300. The van der Waals surface area contributed by atoms with Gasteiger partial charge >= 0.3 is 0 Å². The van der Waals surface area contributed by atoms with Crippen molar-refractivity contribution >= 4 is 22.4 Å². The number of carbonyl (C=O) groups excluding carboxylic acids is 1. The first-order valence-corrected chi connectivity index (χ1v) is 9.03. The number of hydrogen-bond acceptors (Lipinski definition) is 3. The Balaban J connectivity index is 1.54. The number of rotatable bonds is 3. The predicted molar refractivity (Wildman–Crippen MR) is 105 cm³/mol. The molecule has 1 amide bonds. The van der Waals surface area contributed by atoms with Crippen molar-refractivity contribution in [2.24, 2.45) is 0 Å². The molecule has 1 aliphatic heterocycles. The minimum atomic E-state index is -0.228. The minimum Gasteiger partial charge on any atom is -0.496 e. The number of halogens is 1. The van der Waals surface area contributed by atoms with Crippen molar-refractivity contribution in [2.45, 2.75) is 0 Å². The third kappa shape index (κ3) is 3.33. The number of hydrogen-bond donors (Lipinski definition) is 0. The quantitative estimate of drug-likeness (QED) is 0.705. The van der Waals surface area contributed by atoms with Crippen LogP contribution in [0.1, 0.15) is 10.4 Å². The second-order valence-electron chi connectivity index (χ2n) is 6.63. The molecule has 4 rings (SSSR count). The third-order valence-corrected chi connectivity index (χ3v) is 5.06. The highest BCUT2D eigenvalue weighted by Gasteiger charge is 2.25. The Morgan fingerprint density at radius 1 is 0.926 bits per heavy atom. The van der Waals surface area contributed by atoms with E-state index >= 15 is 0 Å². The molecule has 1 saturated heterocycles. The Hall–Kier alpha value is -3.08. The maximum atomic E-state index is 14.0. The van der Waals surface area contributed by atoms with Crippen molar-refractivity contribution in [3.05, 3.63) is 72.0 Å². The SMILES string of the molecule is COc1cc2ccccc2cc1C(=O)N1CCN(c2ccccc2F)CC1. The largest absolute Gasteiger partial charge is 0.496 e. The van der Waals surface area contributed by atoms with E-state index in [4.69, 9.17) is 4.74 Å². The highest BCUT2D eigenvalue weighted by molar-refractivity contribution is 6.01. The highest BCUT2D eigenvalue weighted by Crippen LogP contribution is 2.28. The van der Waals surface area contributed by atoms with Gasteiger partial charge in [-0.05, 0) is 35.0 Å². The van der Waals surface area contributed by atoms with Crippen LogP contribution in [0.3, 0.4) is 0 Å². The monoisotopic (exact) mass is 364 g/mol. The zero-order valence-corrected chi connectivity index (χ0v) is 15.2. The number of nitrogens with zero attached hydrogens (tertiary/aromatic N) is 2. The number of benzene rings is 3. The molecule has 1 aliphatic rings. The first kappa shape index (κ1) is 17.3. The normalized spacial score (nSPS) is 14.4. The van der Waals surface area contributed by atoms with Crippen molar-refractivity contribution < 1.29 is 13.9 Å². The number of amides is 1. The fourth-order valence-electron chi connectivity index (χ4n) is 3.58. The summed E-state index contributed by atoms with van der Waals surface area (Å²) < 4.78 is 19.5. The maximum Gasteiger partial charge on any atom is 0.257 e. The fourth-order valence-corrected chi connectivity index (χ4v) is 3.58. The number of ether oxygens (including phenoxy) is 1. The Kier molecular flexibility index (Phi) is 4.67. The van der Waals surface area contributed by atoms with Crippen molar-refractivity contribution in [2.75, 3.05) is 38.2 Å². The lowest BCUT2D eigenvalue weighted by atomic mass is 10.0. The molecule has 0 aliphatic carbocycles. The number of para-hydroxylation sites is 1. The van der Waals surface area contributed by atoms with Gasteiger partial charge in [0.15, 0.2) is 0 Å². The second-order valence-corrected chi connectivity index (χ2v) is 6.63. The predicted octanol–water partition coefficient (Wildman–Crippen LogP) is 3.95. The molecule has 27 heavy (non-hydrogen) atoms. The Morgan fingerprint density at radius 2 is 1.56 bits per heavy atom. The number of fused-ring (bicyclic) bond motifs is 1. The van der Waals surface area contributed by atoms with E-state index in [9.17, 15) is 9.18 Å². The van der Waals surface area contributed by atoms with Crippen molar-refractivity contribution in [1.82, 2.24) is 4.90 Å². The lowest BCUT2D eigenvalue weighted by molar-refractivity contribution is 0.0743. The molecule has 0 unspecified atom stereocenters. The number of piperazine rings is 1. The second kappa shape index (κ2) is 7.27. The van der Waals surface area contributed by atoms with Gasteiger partial charge in [-0.25, -0.2) is 4.39 Å². The molecule has 0 saturated carbocycles. The van der Waals surface area contributed by atoms with Gasteiger partial charge < -0.3 is 14.5 Å². The summed E-state index contributed by atoms with van der Waals surface area (Å²) in [5, 5.41) is 2.04. The van der Waals surface area contributed by atoms with Crippen molar-refractivity contribution in [1.29, 1.82) is 0 Å². The minimum absolute atomic E-state index is 0.0502. The lowest BCUT2D eigenvalue weighted by Gasteiger charge is -2.36. The standard InChI is InChI=1S/C22H21FN2O2/c1-27-21-15-17-7-3-2-6-16(17)14-18(21)22(26)25-12-10-24(11-13-25)20-9-5-4-8-19(20)23/h2-9,14-15H,10-13H2,1H3. The van der Waals surface area contributed by atoms with Gasteiger partial charge in [0, 0.05) is 26.2 Å². The lowest BCUT2D eigenvalue weighted by Crippen LogP contribution is -2.49. The number of methoxy groups -OCH3 is 1. The molecule has 1 heterocycles. The van der Waals surface area contributed by atoms with Crippen LogP contribution in [0, 0.1) is 5.82 Å². The molecular weight excluding hydrogens is 343 g/mol. The van der Waals surface area contributed by atoms with Crippen LogP contribution in [-0.4, -0.2) is 44.1 Å². The average Bonchev–Trinajstić information content (AvgIpc) is 2.72. The maximum absolute atomic E-state index is 14.0. The summed E-state index contributed by atoms with van der Waals surface area (Å²) in [7, 11) is 1.58. The van der Waals surface area contributed by atoms with Gasteiger partial charge in [-0.3, -0.25) is 4.79 Å². The van der Waals surface area contributed by atoms with E-state index < -0.39 is 0 Å². The summed E-state index contributed by atoms with van der Waals surface area (Å²) in [6.45, 7) is 2.29. The summed E-state index contributed by atoms with van der Waals surface area (Å²) >= 11 is 0. The first-order valence-electron chi connectivity index (χ1n) is 9.03. The van der Waals surface area contributed by atoms with Crippen LogP contribution in [0.25, 0.3) is 10.8 Å². The zero-order valence-electron chi connectivity index (χ0n) is 15.2. The molecule has 0 spiro atoms. The highest BCUT2D eigenvalue weighted by atomic mass is 19.1. The zero-order chi connectivity index (χ0) is 18.8. The van der Waals surface area contributed by atoms with Gasteiger partial charge in [-0.2, -0.15) is 0 Å². The van der Waals surface area contributed by atoms with Crippen LogP contribution in [0.15, 0.2) is 60.7 Å². The molecule has 0 atom stereocenters. The van der Waals surface area contributed by atoms with E-state index in [1.54, 1.807) is 19.2 Å². The number of anilines is 1.